The van der Waals surface area contributed by atoms with E-state index >= 15 is 0 Å². The van der Waals surface area contributed by atoms with Gasteiger partial charge in [-0.05, 0) is 55.5 Å². The van der Waals surface area contributed by atoms with E-state index in [0.717, 1.165) is 18.4 Å². The van der Waals surface area contributed by atoms with E-state index in [1.54, 1.807) is 37.5 Å². The van der Waals surface area contributed by atoms with Crippen LogP contribution < -0.4 is 5.32 Å². The molecule has 0 saturated heterocycles. The lowest BCUT2D eigenvalue weighted by molar-refractivity contribution is -0.122. The van der Waals surface area contributed by atoms with Crippen LogP contribution in [0, 0.1) is 19.8 Å². The first-order valence-corrected chi connectivity index (χ1v) is 9.93. The number of hydrogen-bond donors (Lipinski definition) is 1. The summed E-state index contributed by atoms with van der Waals surface area (Å²) in [4.78, 5) is 16.4. The predicted molar refractivity (Wildman–Crippen MR) is 95.8 cm³/mol. The number of pyridine rings is 1. The number of carbonyl (C=O) groups is 1. The predicted octanol–water partition coefficient (Wildman–Crippen LogP) is 2.74. The van der Waals surface area contributed by atoms with E-state index in [2.05, 4.69) is 10.3 Å². The van der Waals surface area contributed by atoms with E-state index in [-0.39, 0.29) is 18.4 Å². The standard InChI is InChI=1S/C19H22N2O3S/c1-13-5-6-14(2)17(10-13)25(23,24)18(16-4-3-9-20-11-16)12-21-19(22)15-7-8-15/h3-6,9-11,15,18H,7-8,12H2,1-2H3,(H,21,22)/t18-/m1/s1. The molecular weight excluding hydrogens is 336 g/mol. The lowest BCUT2D eigenvalue weighted by Crippen LogP contribution is -2.33. The highest BCUT2D eigenvalue weighted by atomic mass is 32.2. The van der Waals surface area contributed by atoms with Crippen molar-refractivity contribution in [1.82, 2.24) is 10.3 Å². The number of aryl methyl sites for hydroxylation is 2. The zero-order valence-electron chi connectivity index (χ0n) is 14.4. The second-order valence-corrected chi connectivity index (χ2v) is 8.71. The number of hydrogen-bond acceptors (Lipinski definition) is 4. The molecule has 0 spiro atoms. The summed E-state index contributed by atoms with van der Waals surface area (Å²) in [7, 11) is -3.66. The third kappa shape index (κ3) is 3.90. The van der Waals surface area contributed by atoms with Crippen molar-refractivity contribution in [3.8, 4) is 0 Å². The van der Waals surface area contributed by atoms with Crippen molar-refractivity contribution in [3.05, 3.63) is 59.4 Å². The number of carbonyl (C=O) groups excluding carboxylic acids is 1. The molecule has 0 bridgehead atoms. The molecule has 1 amide bonds. The highest BCUT2D eigenvalue weighted by Crippen LogP contribution is 2.32. The van der Waals surface area contributed by atoms with Gasteiger partial charge in [0.05, 0.1) is 4.90 Å². The summed E-state index contributed by atoms with van der Waals surface area (Å²) in [6.07, 6.45) is 4.92. The second kappa shape index (κ2) is 6.96. The maximum atomic E-state index is 13.3. The van der Waals surface area contributed by atoms with E-state index in [0.29, 0.717) is 16.0 Å². The summed E-state index contributed by atoms with van der Waals surface area (Å²) in [5.74, 6) is -0.0250. The quantitative estimate of drug-likeness (QED) is 0.861. The minimum Gasteiger partial charge on any atom is -0.354 e. The Morgan fingerprint density at radius 3 is 2.68 bits per heavy atom. The van der Waals surface area contributed by atoms with Gasteiger partial charge in [0.15, 0.2) is 9.84 Å². The van der Waals surface area contributed by atoms with Gasteiger partial charge in [0, 0.05) is 24.9 Å². The molecule has 2 aromatic rings. The molecule has 1 heterocycles. The van der Waals surface area contributed by atoms with Crippen LogP contribution in [0.5, 0.6) is 0 Å². The van der Waals surface area contributed by atoms with Gasteiger partial charge in [-0.2, -0.15) is 0 Å². The van der Waals surface area contributed by atoms with Crippen molar-refractivity contribution in [2.45, 2.75) is 36.8 Å². The fraction of sp³-hybridized carbons (Fsp3) is 0.368. The Kier molecular flexibility index (Phi) is 4.90. The molecule has 1 aliphatic carbocycles. The number of nitrogens with one attached hydrogen (secondary N) is 1. The molecule has 132 valence electrons. The van der Waals surface area contributed by atoms with Crippen LogP contribution >= 0.6 is 0 Å². The number of sulfone groups is 1. The first-order valence-electron chi connectivity index (χ1n) is 8.38. The van der Waals surface area contributed by atoms with Gasteiger partial charge in [0.25, 0.3) is 0 Å². The Hall–Kier alpha value is -2.21. The fourth-order valence-corrected chi connectivity index (χ4v) is 4.80. The van der Waals surface area contributed by atoms with Crippen LogP contribution in [0.2, 0.25) is 0 Å². The molecule has 1 N–H and O–H groups in total. The SMILES string of the molecule is Cc1ccc(C)c(S(=O)(=O)[C@H](CNC(=O)C2CC2)c2cccnc2)c1. The van der Waals surface area contributed by atoms with Gasteiger partial charge < -0.3 is 5.32 Å². The van der Waals surface area contributed by atoms with Crippen LogP contribution in [-0.4, -0.2) is 25.9 Å². The van der Waals surface area contributed by atoms with Gasteiger partial charge >= 0.3 is 0 Å². The van der Waals surface area contributed by atoms with E-state index in [4.69, 9.17) is 0 Å². The third-order valence-corrected chi connectivity index (χ3v) is 6.73. The number of benzene rings is 1. The second-order valence-electron chi connectivity index (χ2n) is 6.61. The molecule has 1 aromatic carbocycles. The topological polar surface area (TPSA) is 76.1 Å². The van der Waals surface area contributed by atoms with Crippen molar-refractivity contribution in [1.29, 1.82) is 0 Å². The number of amides is 1. The van der Waals surface area contributed by atoms with Crippen LogP contribution in [0.3, 0.4) is 0 Å². The zero-order valence-corrected chi connectivity index (χ0v) is 15.2. The van der Waals surface area contributed by atoms with Crippen LogP contribution in [0.1, 0.15) is 34.8 Å². The van der Waals surface area contributed by atoms with Gasteiger partial charge in [-0.3, -0.25) is 9.78 Å². The summed E-state index contributed by atoms with van der Waals surface area (Å²) < 4.78 is 26.6. The zero-order chi connectivity index (χ0) is 18.0. The molecule has 0 radical (unpaired) electrons. The molecule has 6 heteroatoms. The molecule has 1 aliphatic rings. The van der Waals surface area contributed by atoms with Crippen molar-refractivity contribution < 1.29 is 13.2 Å². The normalized spacial score (nSPS) is 15.6. The summed E-state index contributed by atoms with van der Waals surface area (Å²) >= 11 is 0. The third-order valence-electron chi connectivity index (χ3n) is 4.49. The average molecular weight is 358 g/mol. The van der Waals surface area contributed by atoms with Crippen LogP contribution in [0.15, 0.2) is 47.6 Å². The van der Waals surface area contributed by atoms with Crippen molar-refractivity contribution >= 4 is 15.7 Å². The lowest BCUT2D eigenvalue weighted by atomic mass is 10.2. The largest absolute Gasteiger partial charge is 0.354 e. The summed E-state index contributed by atoms with van der Waals surface area (Å²) in [6, 6.07) is 8.84. The molecule has 0 unspecified atom stereocenters. The van der Waals surface area contributed by atoms with E-state index < -0.39 is 15.1 Å². The van der Waals surface area contributed by atoms with Gasteiger partial charge in [0.1, 0.15) is 5.25 Å². The number of rotatable bonds is 6. The highest BCUT2D eigenvalue weighted by Gasteiger charge is 2.34. The highest BCUT2D eigenvalue weighted by molar-refractivity contribution is 7.91. The Labute approximate surface area is 148 Å². The molecule has 1 fully saturated rings. The molecule has 1 atom stereocenters. The maximum Gasteiger partial charge on any atom is 0.223 e. The summed E-state index contributed by atoms with van der Waals surface area (Å²) in [5, 5.41) is 1.95. The van der Waals surface area contributed by atoms with E-state index in [1.165, 1.54) is 0 Å². The van der Waals surface area contributed by atoms with Gasteiger partial charge in [0.2, 0.25) is 5.91 Å². The smallest absolute Gasteiger partial charge is 0.223 e. The maximum absolute atomic E-state index is 13.3. The Balaban J connectivity index is 1.97. The van der Waals surface area contributed by atoms with E-state index in [1.807, 2.05) is 19.1 Å². The average Bonchev–Trinajstić information content (AvgIpc) is 3.43. The van der Waals surface area contributed by atoms with Crippen molar-refractivity contribution in [3.63, 3.8) is 0 Å². The fourth-order valence-electron chi connectivity index (χ4n) is 2.82. The number of nitrogens with zero attached hydrogens (tertiary/aromatic N) is 1. The Bertz CT molecular complexity index is 875. The molecule has 3 rings (SSSR count). The minimum absolute atomic E-state index is 0.0398. The van der Waals surface area contributed by atoms with E-state index in [9.17, 15) is 13.2 Å². The Morgan fingerprint density at radius 1 is 1.28 bits per heavy atom. The monoisotopic (exact) mass is 358 g/mol. The first kappa shape index (κ1) is 17.6. The number of aromatic nitrogens is 1. The molecule has 1 aromatic heterocycles. The van der Waals surface area contributed by atoms with Crippen LogP contribution in [0.25, 0.3) is 0 Å². The van der Waals surface area contributed by atoms with Gasteiger partial charge in [-0.1, -0.05) is 18.2 Å². The van der Waals surface area contributed by atoms with Crippen molar-refractivity contribution in [2.24, 2.45) is 5.92 Å². The minimum atomic E-state index is -3.66. The molecule has 25 heavy (non-hydrogen) atoms. The molecular formula is C19H22N2O3S. The lowest BCUT2D eigenvalue weighted by Gasteiger charge is -2.20. The van der Waals surface area contributed by atoms with Gasteiger partial charge in [-0.25, -0.2) is 8.42 Å². The summed E-state index contributed by atoms with van der Waals surface area (Å²) in [5.41, 5.74) is 2.17. The molecule has 0 aliphatic heterocycles. The van der Waals surface area contributed by atoms with Gasteiger partial charge in [-0.15, -0.1) is 0 Å². The molecule has 5 nitrogen and oxygen atoms in total. The summed E-state index contributed by atoms with van der Waals surface area (Å²) in [6.45, 7) is 3.71. The van der Waals surface area contributed by atoms with Crippen LogP contribution in [0.4, 0.5) is 0 Å². The molecule has 1 saturated carbocycles. The Morgan fingerprint density at radius 2 is 2.04 bits per heavy atom. The van der Waals surface area contributed by atoms with Crippen molar-refractivity contribution in [2.75, 3.05) is 6.54 Å². The van der Waals surface area contributed by atoms with Crippen LogP contribution in [-0.2, 0) is 14.6 Å². The first-order chi connectivity index (χ1) is 11.9.